The van der Waals surface area contributed by atoms with Gasteiger partial charge in [-0.2, -0.15) is 0 Å². The van der Waals surface area contributed by atoms with Gasteiger partial charge in [0.15, 0.2) is 0 Å². The van der Waals surface area contributed by atoms with Crippen LogP contribution in [0.3, 0.4) is 0 Å². The number of amides is 2. The third-order valence-corrected chi connectivity index (χ3v) is 5.23. The van der Waals surface area contributed by atoms with Crippen LogP contribution in [0.5, 0.6) is 5.75 Å². The second-order valence-corrected chi connectivity index (χ2v) is 7.13. The van der Waals surface area contributed by atoms with Crippen LogP contribution >= 0.6 is 0 Å². The molecule has 2 aliphatic rings. The fourth-order valence-electron chi connectivity index (χ4n) is 3.60. The van der Waals surface area contributed by atoms with Crippen molar-refractivity contribution in [3.63, 3.8) is 0 Å². The van der Waals surface area contributed by atoms with Crippen LogP contribution in [-0.4, -0.2) is 79.9 Å². The first kappa shape index (κ1) is 18.9. The number of carbonyl (C=O) groups is 1. The first-order valence-electron chi connectivity index (χ1n) is 9.55. The highest BCUT2D eigenvalue weighted by Gasteiger charge is 2.28. The molecule has 0 radical (unpaired) electrons. The summed E-state index contributed by atoms with van der Waals surface area (Å²) in [5.41, 5.74) is 0. The van der Waals surface area contributed by atoms with Crippen molar-refractivity contribution in [3.05, 3.63) is 24.5 Å². The molecule has 1 N–H and O–H groups in total. The van der Waals surface area contributed by atoms with E-state index in [-0.39, 0.29) is 12.1 Å². The second-order valence-electron chi connectivity index (χ2n) is 7.13. The number of nitrogens with zero attached hydrogens (tertiary/aromatic N) is 3. The molecular formula is C19H30N4O3. The summed E-state index contributed by atoms with van der Waals surface area (Å²) in [4.78, 5) is 20.8. The highest BCUT2D eigenvalue weighted by atomic mass is 16.5. The second kappa shape index (κ2) is 9.73. The Morgan fingerprint density at radius 3 is 2.88 bits per heavy atom. The highest BCUT2D eigenvalue weighted by Crippen LogP contribution is 2.18. The van der Waals surface area contributed by atoms with E-state index in [9.17, 15) is 4.79 Å². The lowest BCUT2D eigenvalue weighted by molar-refractivity contribution is 0.119. The van der Waals surface area contributed by atoms with Crippen LogP contribution in [0.1, 0.15) is 19.3 Å². The molecule has 1 atom stereocenters. The zero-order valence-corrected chi connectivity index (χ0v) is 15.6. The quantitative estimate of drug-likeness (QED) is 0.798. The van der Waals surface area contributed by atoms with Gasteiger partial charge in [-0.05, 0) is 44.0 Å². The monoisotopic (exact) mass is 362 g/mol. The number of pyridine rings is 1. The molecule has 7 heteroatoms. The number of piperidine rings is 1. The van der Waals surface area contributed by atoms with Crippen LogP contribution in [-0.2, 0) is 4.74 Å². The Balaban J connectivity index is 1.33. The number of carbonyl (C=O) groups excluding carboxylic acids is 1. The average molecular weight is 362 g/mol. The van der Waals surface area contributed by atoms with E-state index >= 15 is 0 Å². The third kappa shape index (κ3) is 5.57. The standard InChI is InChI=1S/C19H30N4O3/c1-25-12-11-22-8-4-16(5-9-22)13-21-19(24)23-10-6-18(15-23)26-17-3-2-7-20-14-17/h2-3,7,14,16,18H,4-6,8-13,15H2,1H3,(H,21,24). The van der Waals surface area contributed by atoms with Crippen molar-refractivity contribution in [2.45, 2.75) is 25.4 Å². The Labute approximate surface area is 155 Å². The molecule has 2 aliphatic heterocycles. The topological polar surface area (TPSA) is 66.9 Å². The lowest BCUT2D eigenvalue weighted by Gasteiger charge is -2.32. The van der Waals surface area contributed by atoms with Crippen LogP contribution in [0.4, 0.5) is 4.79 Å². The van der Waals surface area contributed by atoms with Gasteiger partial charge in [-0.25, -0.2) is 4.79 Å². The lowest BCUT2D eigenvalue weighted by Crippen LogP contribution is -2.44. The molecule has 1 unspecified atom stereocenters. The maximum atomic E-state index is 12.4. The molecule has 1 aromatic rings. The normalized spacial score (nSPS) is 21.7. The summed E-state index contributed by atoms with van der Waals surface area (Å²) in [6.45, 7) is 6.12. The molecule has 26 heavy (non-hydrogen) atoms. The zero-order chi connectivity index (χ0) is 18.2. The molecule has 2 amide bonds. The maximum Gasteiger partial charge on any atom is 0.317 e. The van der Waals surface area contributed by atoms with Crippen LogP contribution in [0.2, 0.25) is 0 Å². The summed E-state index contributed by atoms with van der Waals surface area (Å²) in [5, 5.41) is 3.11. The number of urea groups is 1. The average Bonchev–Trinajstić information content (AvgIpc) is 3.14. The van der Waals surface area contributed by atoms with Crippen molar-refractivity contribution >= 4 is 6.03 Å². The summed E-state index contributed by atoms with van der Waals surface area (Å²) in [6, 6.07) is 3.79. The summed E-state index contributed by atoms with van der Waals surface area (Å²) >= 11 is 0. The number of ether oxygens (including phenoxy) is 2. The molecule has 7 nitrogen and oxygen atoms in total. The van der Waals surface area contributed by atoms with E-state index < -0.39 is 0 Å². The van der Waals surface area contributed by atoms with E-state index in [0.29, 0.717) is 12.5 Å². The molecule has 3 heterocycles. The van der Waals surface area contributed by atoms with E-state index in [1.165, 1.54) is 0 Å². The van der Waals surface area contributed by atoms with Gasteiger partial charge < -0.3 is 24.6 Å². The molecule has 1 aromatic heterocycles. The first-order chi connectivity index (χ1) is 12.7. The van der Waals surface area contributed by atoms with Gasteiger partial charge in [-0.15, -0.1) is 0 Å². The minimum atomic E-state index is 0.0316. The molecule has 2 saturated heterocycles. The first-order valence-corrected chi connectivity index (χ1v) is 9.55. The predicted molar refractivity (Wildman–Crippen MR) is 99.3 cm³/mol. The van der Waals surface area contributed by atoms with Crippen molar-refractivity contribution < 1.29 is 14.3 Å². The Kier molecular flexibility index (Phi) is 7.08. The number of methoxy groups -OCH3 is 1. The zero-order valence-electron chi connectivity index (χ0n) is 15.6. The van der Waals surface area contributed by atoms with Gasteiger partial charge in [0, 0.05) is 39.4 Å². The van der Waals surface area contributed by atoms with Crippen molar-refractivity contribution in [2.24, 2.45) is 5.92 Å². The smallest absolute Gasteiger partial charge is 0.317 e. The number of likely N-dealkylation sites (tertiary alicyclic amines) is 2. The Morgan fingerprint density at radius 1 is 1.31 bits per heavy atom. The summed E-state index contributed by atoms with van der Waals surface area (Å²) < 4.78 is 11.0. The number of nitrogens with one attached hydrogen (secondary N) is 1. The minimum Gasteiger partial charge on any atom is -0.487 e. The molecule has 0 bridgehead atoms. The number of aromatic nitrogens is 1. The van der Waals surface area contributed by atoms with Crippen LogP contribution in [0.25, 0.3) is 0 Å². The van der Waals surface area contributed by atoms with E-state index in [1.54, 1.807) is 19.5 Å². The van der Waals surface area contributed by atoms with E-state index in [2.05, 4.69) is 15.2 Å². The Bertz CT molecular complexity index is 549. The molecular weight excluding hydrogens is 332 g/mol. The number of hydrogen-bond acceptors (Lipinski definition) is 5. The van der Waals surface area contributed by atoms with Crippen molar-refractivity contribution in [3.8, 4) is 5.75 Å². The van der Waals surface area contributed by atoms with Gasteiger partial charge in [0.1, 0.15) is 11.9 Å². The van der Waals surface area contributed by atoms with E-state index in [0.717, 1.165) is 64.3 Å². The van der Waals surface area contributed by atoms with Gasteiger partial charge in [-0.3, -0.25) is 4.98 Å². The van der Waals surface area contributed by atoms with Gasteiger partial charge >= 0.3 is 6.03 Å². The third-order valence-electron chi connectivity index (χ3n) is 5.23. The molecule has 3 rings (SSSR count). The SMILES string of the molecule is COCCN1CCC(CNC(=O)N2CCC(Oc3cccnc3)C2)CC1. The van der Waals surface area contributed by atoms with Gasteiger partial charge in [-0.1, -0.05) is 0 Å². The van der Waals surface area contributed by atoms with Crippen LogP contribution < -0.4 is 10.1 Å². The fraction of sp³-hybridized carbons (Fsp3) is 0.684. The highest BCUT2D eigenvalue weighted by molar-refractivity contribution is 5.74. The number of hydrogen-bond donors (Lipinski definition) is 1. The van der Waals surface area contributed by atoms with Crippen LogP contribution in [0.15, 0.2) is 24.5 Å². The Morgan fingerprint density at radius 2 is 2.15 bits per heavy atom. The summed E-state index contributed by atoms with van der Waals surface area (Å²) in [6.07, 6.45) is 6.62. The van der Waals surface area contributed by atoms with Gasteiger partial charge in [0.25, 0.3) is 0 Å². The Hall–Kier alpha value is -1.86. The summed E-state index contributed by atoms with van der Waals surface area (Å²) in [5.74, 6) is 1.34. The predicted octanol–water partition coefficient (Wildman–Crippen LogP) is 1.60. The van der Waals surface area contributed by atoms with Crippen molar-refractivity contribution in [1.82, 2.24) is 20.1 Å². The molecule has 0 aromatic carbocycles. The summed E-state index contributed by atoms with van der Waals surface area (Å²) in [7, 11) is 1.74. The van der Waals surface area contributed by atoms with Gasteiger partial charge in [0.2, 0.25) is 0 Å². The molecule has 0 aliphatic carbocycles. The van der Waals surface area contributed by atoms with E-state index in [4.69, 9.17) is 9.47 Å². The molecule has 0 saturated carbocycles. The molecule has 0 spiro atoms. The minimum absolute atomic E-state index is 0.0316. The fourth-order valence-corrected chi connectivity index (χ4v) is 3.60. The van der Waals surface area contributed by atoms with Crippen molar-refractivity contribution in [1.29, 1.82) is 0 Å². The molecule has 144 valence electrons. The maximum absolute atomic E-state index is 12.4. The molecule has 2 fully saturated rings. The van der Waals surface area contributed by atoms with Crippen LogP contribution in [0, 0.1) is 5.92 Å². The lowest BCUT2D eigenvalue weighted by atomic mass is 9.97. The largest absolute Gasteiger partial charge is 0.487 e. The van der Waals surface area contributed by atoms with Crippen molar-refractivity contribution in [2.75, 3.05) is 53.0 Å². The van der Waals surface area contributed by atoms with E-state index in [1.807, 2.05) is 17.0 Å². The number of rotatable bonds is 7. The van der Waals surface area contributed by atoms with Gasteiger partial charge in [0.05, 0.1) is 19.3 Å².